The largest absolute Gasteiger partial charge is 0.381 e. The molecular formula is C24H30N6O3S. The molecule has 5 rings (SSSR count). The highest BCUT2D eigenvalue weighted by Crippen LogP contribution is 2.46. The third-order valence-electron chi connectivity index (χ3n) is 6.99. The zero-order valence-electron chi connectivity index (χ0n) is 19.4. The predicted molar refractivity (Wildman–Crippen MR) is 132 cm³/mol. The summed E-state index contributed by atoms with van der Waals surface area (Å²) in [5.41, 5.74) is 3.45. The second-order valence-electron chi connectivity index (χ2n) is 9.42. The van der Waals surface area contributed by atoms with Gasteiger partial charge in [-0.25, -0.2) is 18.1 Å². The Balaban J connectivity index is 1.36. The summed E-state index contributed by atoms with van der Waals surface area (Å²) in [6, 6.07) is 7.30. The number of pyridine rings is 1. The normalized spacial score (nSPS) is 21.6. The number of aryl methyl sites for hydroxylation is 1. The van der Waals surface area contributed by atoms with Gasteiger partial charge in [-0.3, -0.25) is 9.52 Å². The second kappa shape index (κ2) is 8.90. The van der Waals surface area contributed by atoms with Crippen LogP contribution in [-0.2, 0) is 23.1 Å². The number of nitrogens with one attached hydrogen (secondary N) is 3. The van der Waals surface area contributed by atoms with Crippen LogP contribution in [0.1, 0.15) is 48.5 Å². The summed E-state index contributed by atoms with van der Waals surface area (Å²) in [6.07, 6.45) is 9.52. The van der Waals surface area contributed by atoms with Crippen molar-refractivity contribution in [3.63, 3.8) is 0 Å². The number of nitrogens with zero attached hydrogens (tertiary/aromatic N) is 3. The molecule has 2 heterocycles. The van der Waals surface area contributed by atoms with Gasteiger partial charge in [0.2, 0.25) is 10.0 Å². The molecule has 2 aromatic heterocycles. The van der Waals surface area contributed by atoms with Gasteiger partial charge in [-0.05, 0) is 55.7 Å². The van der Waals surface area contributed by atoms with Gasteiger partial charge in [0.15, 0.2) is 5.65 Å². The van der Waals surface area contributed by atoms with E-state index < -0.39 is 10.0 Å². The highest BCUT2D eigenvalue weighted by Gasteiger charge is 2.40. The molecule has 1 aromatic carbocycles. The smallest absolute Gasteiger partial charge is 0.255 e. The zero-order chi connectivity index (χ0) is 23.9. The van der Waals surface area contributed by atoms with E-state index in [0.717, 1.165) is 40.9 Å². The summed E-state index contributed by atoms with van der Waals surface area (Å²) < 4.78 is 27.0. The molecule has 3 aromatic rings. The first kappa shape index (κ1) is 22.6. The summed E-state index contributed by atoms with van der Waals surface area (Å²) in [4.78, 5) is 17.8. The Hall–Kier alpha value is -3.14. The van der Waals surface area contributed by atoms with Crippen molar-refractivity contribution in [2.75, 3.05) is 16.3 Å². The third kappa shape index (κ3) is 4.59. The molecule has 2 bridgehead atoms. The van der Waals surface area contributed by atoms with Crippen LogP contribution in [0.25, 0.3) is 11.0 Å². The molecular weight excluding hydrogens is 452 g/mol. The van der Waals surface area contributed by atoms with Crippen molar-refractivity contribution in [2.24, 2.45) is 11.8 Å². The van der Waals surface area contributed by atoms with Crippen LogP contribution in [0.2, 0.25) is 0 Å². The molecule has 2 aliphatic rings. The Kier molecular flexibility index (Phi) is 5.93. The highest BCUT2D eigenvalue weighted by molar-refractivity contribution is 7.92. The molecule has 1 amide bonds. The van der Waals surface area contributed by atoms with Crippen molar-refractivity contribution in [3.05, 3.63) is 47.8 Å². The number of hydrogen-bond donors (Lipinski definition) is 3. The molecule has 2 saturated carbocycles. The number of aromatic nitrogens is 3. The summed E-state index contributed by atoms with van der Waals surface area (Å²) >= 11 is 0. The molecule has 0 unspecified atom stereocenters. The Labute approximate surface area is 199 Å². The van der Waals surface area contributed by atoms with E-state index in [1.165, 1.54) is 19.3 Å². The lowest BCUT2D eigenvalue weighted by molar-refractivity contribution is 0.0951. The van der Waals surface area contributed by atoms with Crippen molar-refractivity contribution >= 4 is 38.3 Å². The van der Waals surface area contributed by atoms with E-state index in [4.69, 9.17) is 0 Å². The lowest BCUT2D eigenvalue weighted by Crippen LogP contribution is -2.29. The summed E-state index contributed by atoms with van der Waals surface area (Å²) in [7, 11) is -3.33. The van der Waals surface area contributed by atoms with Crippen molar-refractivity contribution < 1.29 is 13.2 Å². The minimum absolute atomic E-state index is 0.206. The fourth-order valence-electron chi connectivity index (χ4n) is 5.38. The Morgan fingerprint density at radius 2 is 1.94 bits per heavy atom. The molecule has 10 heteroatoms. The van der Waals surface area contributed by atoms with Gasteiger partial charge < -0.3 is 10.6 Å². The van der Waals surface area contributed by atoms with Gasteiger partial charge in [0.25, 0.3) is 5.91 Å². The van der Waals surface area contributed by atoms with Crippen LogP contribution in [0, 0.1) is 11.8 Å². The fraction of sp³-hybridized carbons (Fsp3) is 0.458. The van der Waals surface area contributed by atoms with Crippen LogP contribution in [0.4, 0.5) is 11.4 Å². The van der Waals surface area contributed by atoms with Gasteiger partial charge in [-0.15, -0.1) is 0 Å². The van der Waals surface area contributed by atoms with E-state index in [9.17, 15) is 13.2 Å². The molecule has 0 radical (unpaired) electrons. The first-order valence-corrected chi connectivity index (χ1v) is 13.7. The van der Waals surface area contributed by atoms with E-state index in [2.05, 4.69) is 25.4 Å². The Bertz CT molecular complexity index is 1320. The first-order chi connectivity index (χ1) is 16.3. The SMILES string of the molecule is CCn1ncc2c(N[C@H]3C[C@@H]4CC[C@@H]3C4)c(C(=O)NCc3ccc(NS(C)(=O)=O)cc3)cnc21. The van der Waals surface area contributed by atoms with Crippen molar-refractivity contribution in [3.8, 4) is 0 Å². The van der Waals surface area contributed by atoms with Gasteiger partial charge in [0.05, 0.1) is 29.1 Å². The number of sulfonamides is 1. The Morgan fingerprint density at radius 3 is 2.59 bits per heavy atom. The van der Waals surface area contributed by atoms with E-state index in [1.807, 2.05) is 11.6 Å². The second-order valence-corrected chi connectivity index (χ2v) is 11.2. The van der Waals surface area contributed by atoms with Gasteiger partial charge in [-0.1, -0.05) is 18.6 Å². The van der Waals surface area contributed by atoms with Crippen molar-refractivity contribution in [1.29, 1.82) is 0 Å². The Morgan fingerprint density at radius 1 is 1.15 bits per heavy atom. The maximum Gasteiger partial charge on any atom is 0.255 e. The lowest BCUT2D eigenvalue weighted by Gasteiger charge is -2.25. The predicted octanol–water partition coefficient (Wildman–Crippen LogP) is 3.35. The van der Waals surface area contributed by atoms with Crippen LogP contribution in [0.15, 0.2) is 36.7 Å². The van der Waals surface area contributed by atoms with Crippen LogP contribution < -0.4 is 15.4 Å². The molecule has 3 atom stereocenters. The summed E-state index contributed by atoms with van der Waals surface area (Å²) in [6.45, 7) is 3.05. The molecule has 9 nitrogen and oxygen atoms in total. The van der Waals surface area contributed by atoms with Gasteiger partial charge in [0.1, 0.15) is 0 Å². The highest BCUT2D eigenvalue weighted by atomic mass is 32.2. The van der Waals surface area contributed by atoms with Gasteiger partial charge in [0, 0.05) is 31.0 Å². The number of fused-ring (bicyclic) bond motifs is 3. The topological polar surface area (TPSA) is 118 Å². The molecule has 180 valence electrons. The number of anilines is 2. The summed E-state index contributed by atoms with van der Waals surface area (Å²) in [5.74, 6) is 1.24. The maximum atomic E-state index is 13.2. The standard InChI is InChI=1S/C24H30N6O3S/c1-3-30-23-19(14-27-30)22(28-21-11-16-4-7-17(21)10-16)20(13-25-23)24(31)26-12-15-5-8-18(9-6-15)29-34(2,32)33/h5-6,8-9,13-14,16-17,21,29H,3-4,7,10-12H2,1-2H3,(H,25,28)(H,26,31)/t16-,17-,21+/m1/s1. The number of benzene rings is 1. The molecule has 3 N–H and O–H groups in total. The summed E-state index contributed by atoms with van der Waals surface area (Å²) in [5, 5.41) is 12.0. The fourth-order valence-corrected chi connectivity index (χ4v) is 5.94. The quantitative estimate of drug-likeness (QED) is 0.453. The zero-order valence-corrected chi connectivity index (χ0v) is 20.2. The van der Waals surface area contributed by atoms with Crippen LogP contribution in [0.3, 0.4) is 0 Å². The van der Waals surface area contributed by atoms with Crippen molar-refractivity contribution in [2.45, 2.75) is 51.7 Å². The van der Waals surface area contributed by atoms with Crippen molar-refractivity contribution in [1.82, 2.24) is 20.1 Å². The van der Waals surface area contributed by atoms with Crippen LogP contribution in [0.5, 0.6) is 0 Å². The average molecular weight is 483 g/mol. The van der Waals surface area contributed by atoms with E-state index >= 15 is 0 Å². The van der Waals surface area contributed by atoms with E-state index in [0.29, 0.717) is 36.3 Å². The van der Waals surface area contributed by atoms with Crippen LogP contribution >= 0.6 is 0 Å². The minimum Gasteiger partial charge on any atom is -0.381 e. The van der Waals surface area contributed by atoms with E-state index in [1.54, 1.807) is 36.7 Å². The lowest BCUT2D eigenvalue weighted by atomic mass is 9.94. The number of carbonyl (C=O) groups is 1. The van der Waals surface area contributed by atoms with Gasteiger partial charge in [-0.2, -0.15) is 5.10 Å². The number of amides is 1. The minimum atomic E-state index is -3.33. The molecule has 2 aliphatic carbocycles. The molecule has 0 spiro atoms. The maximum absolute atomic E-state index is 13.2. The average Bonchev–Trinajstić information content (AvgIpc) is 3.53. The molecule has 0 saturated heterocycles. The third-order valence-corrected chi connectivity index (χ3v) is 7.59. The number of rotatable bonds is 8. The van der Waals surface area contributed by atoms with E-state index in [-0.39, 0.29) is 5.91 Å². The number of hydrogen-bond acceptors (Lipinski definition) is 6. The molecule has 2 fully saturated rings. The monoisotopic (exact) mass is 482 g/mol. The first-order valence-electron chi connectivity index (χ1n) is 11.8. The molecule has 0 aliphatic heterocycles. The number of carbonyl (C=O) groups excluding carboxylic acids is 1. The van der Waals surface area contributed by atoms with Crippen LogP contribution in [-0.4, -0.2) is 41.4 Å². The molecule has 34 heavy (non-hydrogen) atoms. The van der Waals surface area contributed by atoms with Gasteiger partial charge >= 0.3 is 0 Å².